The highest BCUT2D eigenvalue weighted by Gasteiger charge is 2.32. The van der Waals surface area contributed by atoms with Crippen molar-refractivity contribution in [3.63, 3.8) is 0 Å². The lowest BCUT2D eigenvalue weighted by Gasteiger charge is -2.22. The number of ether oxygens (including phenoxy) is 1. The van der Waals surface area contributed by atoms with Crippen LogP contribution >= 0.6 is 0 Å². The molecule has 0 atom stereocenters. The van der Waals surface area contributed by atoms with Crippen LogP contribution in [0.15, 0.2) is 30.3 Å². The van der Waals surface area contributed by atoms with Crippen molar-refractivity contribution in [3.05, 3.63) is 47.3 Å². The predicted molar refractivity (Wildman–Crippen MR) is 105 cm³/mol. The standard InChI is InChI=1S/C21H27N3O4/c1-21(2,3)24-18(15-6-7-15)12-17(23-24)20(27)22-11-10-14-4-8-16(9-5-14)28-13-19(25)26/h4-5,8-9,12,15H,6-7,10-11,13H2,1-3H3,(H,22,27)(H,25,26). The molecule has 7 heteroatoms. The summed E-state index contributed by atoms with van der Waals surface area (Å²) >= 11 is 0. The van der Waals surface area contributed by atoms with Crippen molar-refractivity contribution in [1.82, 2.24) is 15.1 Å². The van der Waals surface area contributed by atoms with Gasteiger partial charge in [0.1, 0.15) is 11.4 Å². The number of carbonyl (C=O) groups excluding carboxylic acids is 1. The van der Waals surface area contributed by atoms with Gasteiger partial charge in [-0.1, -0.05) is 12.1 Å². The van der Waals surface area contributed by atoms with E-state index >= 15 is 0 Å². The Bertz CT molecular complexity index is 846. The van der Waals surface area contributed by atoms with Crippen molar-refractivity contribution in [1.29, 1.82) is 0 Å². The second-order valence-electron chi connectivity index (χ2n) is 8.14. The number of carboxylic acids is 1. The summed E-state index contributed by atoms with van der Waals surface area (Å²) in [7, 11) is 0. The molecule has 0 unspecified atom stereocenters. The van der Waals surface area contributed by atoms with E-state index in [1.54, 1.807) is 12.1 Å². The molecule has 0 spiro atoms. The molecule has 1 heterocycles. The minimum atomic E-state index is -1.01. The third-order valence-electron chi connectivity index (χ3n) is 4.59. The fraction of sp³-hybridized carbons (Fsp3) is 0.476. The molecule has 0 bridgehead atoms. The number of nitrogens with zero attached hydrogens (tertiary/aromatic N) is 2. The highest BCUT2D eigenvalue weighted by atomic mass is 16.5. The molecule has 7 nitrogen and oxygen atoms in total. The Morgan fingerprint density at radius 2 is 1.93 bits per heavy atom. The van der Waals surface area contributed by atoms with Gasteiger partial charge in [-0.2, -0.15) is 5.10 Å². The molecule has 1 aliphatic rings. The Hall–Kier alpha value is -2.83. The van der Waals surface area contributed by atoms with Crippen LogP contribution in [0.3, 0.4) is 0 Å². The van der Waals surface area contributed by atoms with Crippen LogP contribution in [-0.4, -0.2) is 39.9 Å². The molecular weight excluding hydrogens is 358 g/mol. The Morgan fingerprint density at radius 3 is 2.50 bits per heavy atom. The van der Waals surface area contributed by atoms with Gasteiger partial charge in [0.2, 0.25) is 0 Å². The van der Waals surface area contributed by atoms with Gasteiger partial charge in [-0.15, -0.1) is 0 Å². The monoisotopic (exact) mass is 385 g/mol. The highest BCUT2D eigenvalue weighted by molar-refractivity contribution is 5.92. The first kappa shape index (κ1) is 19.9. The van der Waals surface area contributed by atoms with E-state index in [4.69, 9.17) is 9.84 Å². The molecule has 2 aromatic rings. The number of hydrogen-bond donors (Lipinski definition) is 2. The minimum Gasteiger partial charge on any atom is -0.482 e. The smallest absolute Gasteiger partial charge is 0.341 e. The van der Waals surface area contributed by atoms with Crippen molar-refractivity contribution in [2.24, 2.45) is 0 Å². The van der Waals surface area contributed by atoms with Crippen molar-refractivity contribution in [2.75, 3.05) is 13.2 Å². The summed E-state index contributed by atoms with van der Waals surface area (Å²) in [4.78, 5) is 23.0. The molecule has 28 heavy (non-hydrogen) atoms. The first-order valence-electron chi connectivity index (χ1n) is 9.56. The van der Waals surface area contributed by atoms with Gasteiger partial charge in [0.25, 0.3) is 5.91 Å². The first-order valence-corrected chi connectivity index (χ1v) is 9.56. The molecule has 0 aliphatic heterocycles. The molecule has 150 valence electrons. The van der Waals surface area contributed by atoms with Gasteiger partial charge in [0.05, 0.1) is 5.54 Å². The first-order chi connectivity index (χ1) is 13.2. The minimum absolute atomic E-state index is 0.152. The predicted octanol–water partition coefficient (Wildman–Crippen LogP) is 2.95. The summed E-state index contributed by atoms with van der Waals surface area (Å²) in [5, 5.41) is 16.1. The number of nitrogens with one attached hydrogen (secondary N) is 1. The largest absolute Gasteiger partial charge is 0.482 e. The van der Waals surface area contributed by atoms with Gasteiger partial charge in [0, 0.05) is 18.2 Å². The van der Waals surface area contributed by atoms with E-state index in [1.165, 1.54) is 0 Å². The van der Waals surface area contributed by atoms with E-state index in [1.807, 2.05) is 22.9 Å². The van der Waals surface area contributed by atoms with E-state index in [0.29, 0.717) is 30.3 Å². The van der Waals surface area contributed by atoms with E-state index in [-0.39, 0.29) is 18.1 Å². The number of aromatic nitrogens is 2. The quantitative estimate of drug-likeness (QED) is 0.729. The van der Waals surface area contributed by atoms with E-state index in [9.17, 15) is 9.59 Å². The summed E-state index contributed by atoms with van der Waals surface area (Å²) in [6.45, 7) is 6.42. The van der Waals surface area contributed by atoms with Crippen LogP contribution in [0.2, 0.25) is 0 Å². The summed E-state index contributed by atoms with van der Waals surface area (Å²) < 4.78 is 7.09. The molecule has 1 aliphatic carbocycles. The molecule has 0 saturated heterocycles. The molecule has 0 radical (unpaired) electrons. The number of amides is 1. The van der Waals surface area contributed by atoms with Crippen LogP contribution in [0.25, 0.3) is 0 Å². The molecule has 1 saturated carbocycles. The van der Waals surface area contributed by atoms with Gasteiger partial charge >= 0.3 is 5.97 Å². The number of benzene rings is 1. The Morgan fingerprint density at radius 1 is 1.25 bits per heavy atom. The molecule has 3 rings (SSSR count). The van der Waals surface area contributed by atoms with Crippen LogP contribution in [0.4, 0.5) is 0 Å². The van der Waals surface area contributed by atoms with Crippen molar-refractivity contribution < 1.29 is 19.4 Å². The summed E-state index contributed by atoms with van der Waals surface area (Å²) in [6, 6.07) is 9.11. The maximum atomic E-state index is 12.5. The molecule has 1 aromatic heterocycles. The van der Waals surface area contributed by atoms with E-state index in [0.717, 1.165) is 24.1 Å². The van der Waals surface area contributed by atoms with Crippen molar-refractivity contribution >= 4 is 11.9 Å². The number of hydrogen-bond acceptors (Lipinski definition) is 4. The normalized spacial score (nSPS) is 14.0. The average Bonchev–Trinajstić information content (AvgIpc) is 3.37. The topological polar surface area (TPSA) is 93.5 Å². The van der Waals surface area contributed by atoms with Gasteiger partial charge in [-0.25, -0.2) is 4.79 Å². The van der Waals surface area contributed by atoms with Crippen LogP contribution in [-0.2, 0) is 16.8 Å². The second kappa shape index (κ2) is 8.04. The van der Waals surface area contributed by atoms with Gasteiger partial charge in [0.15, 0.2) is 6.61 Å². The lowest BCUT2D eigenvalue weighted by Crippen LogP contribution is -2.28. The zero-order valence-electron chi connectivity index (χ0n) is 16.6. The van der Waals surface area contributed by atoms with Gasteiger partial charge in [-0.05, 0) is 63.8 Å². The maximum Gasteiger partial charge on any atom is 0.341 e. The molecule has 1 amide bonds. The van der Waals surface area contributed by atoms with Crippen LogP contribution in [0.5, 0.6) is 5.75 Å². The Labute approximate surface area is 164 Å². The number of carbonyl (C=O) groups is 2. The number of carboxylic acid groups (broad SMARTS) is 1. The SMILES string of the molecule is CC(C)(C)n1nc(C(=O)NCCc2ccc(OCC(=O)O)cc2)cc1C1CC1. The maximum absolute atomic E-state index is 12.5. The number of rotatable bonds is 8. The summed E-state index contributed by atoms with van der Waals surface area (Å²) in [6.07, 6.45) is 2.99. The zero-order valence-corrected chi connectivity index (χ0v) is 16.6. The summed E-state index contributed by atoms with van der Waals surface area (Å²) in [5.41, 5.74) is 2.49. The fourth-order valence-corrected chi connectivity index (χ4v) is 3.02. The second-order valence-corrected chi connectivity index (χ2v) is 8.14. The van der Waals surface area contributed by atoms with Crippen molar-refractivity contribution in [3.8, 4) is 5.75 Å². The van der Waals surface area contributed by atoms with E-state index in [2.05, 4.69) is 31.2 Å². The fourth-order valence-electron chi connectivity index (χ4n) is 3.02. The van der Waals surface area contributed by atoms with Crippen LogP contribution < -0.4 is 10.1 Å². The van der Waals surface area contributed by atoms with Crippen LogP contribution in [0, 0.1) is 0 Å². The van der Waals surface area contributed by atoms with Crippen molar-refractivity contribution in [2.45, 2.75) is 51.5 Å². The lowest BCUT2D eigenvalue weighted by atomic mass is 10.1. The molecular formula is C21H27N3O4. The molecule has 2 N–H and O–H groups in total. The van der Waals surface area contributed by atoms with Gasteiger partial charge < -0.3 is 15.2 Å². The van der Waals surface area contributed by atoms with Crippen LogP contribution in [0.1, 0.15) is 61.3 Å². The van der Waals surface area contributed by atoms with E-state index < -0.39 is 5.97 Å². The lowest BCUT2D eigenvalue weighted by molar-refractivity contribution is -0.139. The number of aliphatic carboxylic acids is 1. The average molecular weight is 385 g/mol. The molecule has 1 fully saturated rings. The third-order valence-corrected chi connectivity index (χ3v) is 4.59. The zero-order chi connectivity index (χ0) is 20.3. The third kappa shape index (κ3) is 5.12. The Kier molecular flexibility index (Phi) is 5.72. The summed E-state index contributed by atoms with van der Waals surface area (Å²) in [5.74, 6) is -0.137. The van der Waals surface area contributed by atoms with Gasteiger partial charge in [-0.3, -0.25) is 9.48 Å². The Balaban J connectivity index is 1.54. The highest BCUT2D eigenvalue weighted by Crippen LogP contribution is 2.41. The molecule has 1 aromatic carbocycles.